The topological polar surface area (TPSA) is 38.1 Å². The van der Waals surface area contributed by atoms with Crippen molar-refractivity contribution in [2.45, 2.75) is 18.8 Å². The maximum Gasteiger partial charge on any atom is 0.181 e. The van der Waals surface area contributed by atoms with Crippen molar-refractivity contribution in [3.8, 4) is 0 Å². The maximum absolute atomic E-state index is 5.29. The fraction of sp³-hybridized carbons (Fsp3) is 0.625. The molecule has 3 heteroatoms. The molecular formula is C8H12N2O. The summed E-state index contributed by atoms with van der Waals surface area (Å²) in [6.45, 7) is 1.00. The van der Waals surface area contributed by atoms with Gasteiger partial charge in [-0.25, -0.2) is 4.98 Å². The minimum Gasteiger partial charge on any atom is -0.448 e. The SMILES string of the molecule is CNCC1CCc2ncoc21. The monoisotopic (exact) mass is 152 g/mol. The van der Waals surface area contributed by atoms with Gasteiger partial charge in [0.05, 0.1) is 5.69 Å². The Balaban J connectivity index is 2.18. The molecule has 1 heterocycles. The van der Waals surface area contributed by atoms with E-state index in [4.69, 9.17) is 4.42 Å². The Morgan fingerprint density at radius 2 is 2.73 bits per heavy atom. The lowest BCUT2D eigenvalue weighted by molar-refractivity contribution is 0.453. The van der Waals surface area contributed by atoms with Crippen molar-refractivity contribution < 1.29 is 4.42 Å². The van der Waals surface area contributed by atoms with E-state index in [1.54, 1.807) is 6.39 Å². The van der Waals surface area contributed by atoms with Crippen LogP contribution in [-0.2, 0) is 6.42 Å². The van der Waals surface area contributed by atoms with Gasteiger partial charge in [0, 0.05) is 12.5 Å². The molecule has 1 aromatic rings. The highest BCUT2D eigenvalue weighted by Gasteiger charge is 2.25. The Bertz CT molecular complexity index is 244. The second kappa shape index (κ2) is 2.66. The summed E-state index contributed by atoms with van der Waals surface area (Å²) in [5.74, 6) is 1.65. The standard InChI is InChI=1S/C8H12N2O/c1-9-4-6-2-3-7-8(6)11-5-10-7/h5-6,9H,2-4H2,1H3. The molecule has 0 amide bonds. The molecule has 1 N–H and O–H groups in total. The largest absolute Gasteiger partial charge is 0.448 e. The van der Waals surface area contributed by atoms with Gasteiger partial charge in [-0.2, -0.15) is 0 Å². The van der Waals surface area contributed by atoms with Crippen LogP contribution in [0.2, 0.25) is 0 Å². The first kappa shape index (κ1) is 6.85. The lowest BCUT2D eigenvalue weighted by atomic mass is 10.1. The molecular weight excluding hydrogens is 140 g/mol. The van der Waals surface area contributed by atoms with Crippen LogP contribution in [0.5, 0.6) is 0 Å². The highest BCUT2D eigenvalue weighted by atomic mass is 16.3. The number of rotatable bonds is 2. The van der Waals surface area contributed by atoms with Crippen molar-refractivity contribution in [2.75, 3.05) is 13.6 Å². The quantitative estimate of drug-likeness (QED) is 0.685. The van der Waals surface area contributed by atoms with Gasteiger partial charge in [-0.3, -0.25) is 0 Å². The molecule has 0 bridgehead atoms. The summed E-state index contributed by atoms with van der Waals surface area (Å²) >= 11 is 0. The van der Waals surface area contributed by atoms with Gasteiger partial charge in [-0.15, -0.1) is 0 Å². The summed E-state index contributed by atoms with van der Waals surface area (Å²) in [4.78, 5) is 4.13. The Hall–Kier alpha value is -0.830. The molecule has 60 valence electrons. The van der Waals surface area contributed by atoms with Crippen LogP contribution in [0.4, 0.5) is 0 Å². The number of fused-ring (bicyclic) bond motifs is 1. The number of aryl methyl sites for hydroxylation is 1. The van der Waals surface area contributed by atoms with E-state index in [-0.39, 0.29) is 0 Å². The zero-order chi connectivity index (χ0) is 7.68. The van der Waals surface area contributed by atoms with E-state index in [0.717, 1.165) is 24.4 Å². The zero-order valence-corrected chi connectivity index (χ0v) is 6.63. The third kappa shape index (κ3) is 1.05. The minimum atomic E-state index is 0.553. The van der Waals surface area contributed by atoms with Crippen LogP contribution >= 0.6 is 0 Å². The molecule has 1 aliphatic rings. The molecule has 11 heavy (non-hydrogen) atoms. The second-order valence-corrected chi connectivity index (χ2v) is 2.96. The minimum absolute atomic E-state index is 0.553. The fourth-order valence-corrected chi connectivity index (χ4v) is 1.68. The van der Waals surface area contributed by atoms with Crippen molar-refractivity contribution in [1.29, 1.82) is 0 Å². The van der Waals surface area contributed by atoms with Crippen LogP contribution in [-0.4, -0.2) is 18.6 Å². The van der Waals surface area contributed by atoms with Crippen molar-refractivity contribution in [2.24, 2.45) is 0 Å². The summed E-state index contributed by atoms with van der Waals surface area (Å²) in [6, 6.07) is 0. The molecule has 3 nitrogen and oxygen atoms in total. The first-order valence-electron chi connectivity index (χ1n) is 3.98. The molecule has 0 spiro atoms. The number of oxazole rings is 1. The molecule has 1 atom stereocenters. The van der Waals surface area contributed by atoms with E-state index in [2.05, 4.69) is 10.3 Å². The number of hydrogen-bond donors (Lipinski definition) is 1. The average Bonchev–Trinajstić information content (AvgIpc) is 2.53. The maximum atomic E-state index is 5.29. The van der Waals surface area contributed by atoms with Crippen molar-refractivity contribution in [1.82, 2.24) is 10.3 Å². The van der Waals surface area contributed by atoms with E-state index in [9.17, 15) is 0 Å². The molecule has 0 radical (unpaired) electrons. The lowest BCUT2D eigenvalue weighted by Gasteiger charge is -2.05. The lowest BCUT2D eigenvalue weighted by Crippen LogP contribution is -2.14. The summed E-state index contributed by atoms with van der Waals surface area (Å²) in [5.41, 5.74) is 1.16. The van der Waals surface area contributed by atoms with Crippen LogP contribution in [0.15, 0.2) is 10.8 Å². The second-order valence-electron chi connectivity index (χ2n) is 2.96. The first-order valence-corrected chi connectivity index (χ1v) is 3.98. The number of hydrogen-bond acceptors (Lipinski definition) is 3. The van der Waals surface area contributed by atoms with Crippen LogP contribution in [0, 0.1) is 0 Å². The Morgan fingerprint density at radius 1 is 1.82 bits per heavy atom. The molecule has 1 aromatic heterocycles. The van der Waals surface area contributed by atoms with Crippen LogP contribution in [0.1, 0.15) is 23.8 Å². The first-order chi connectivity index (χ1) is 5.42. The molecule has 0 aliphatic heterocycles. The average molecular weight is 152 g/mol. The normalized spacial score (nSPS) is 22.1. The number of nitrogens with zero attached hydrogens (tertiary/aromatic N) is 1. The van der Waals surface area contributed by atoms with Gasteiger partial charge < -0.3 is 9.73 Å². The van der Waals surface area contributed by atoms with Crippen LogP contribution < -0.4 is 5.32 Å². The van der Waals surface area contributed by atoms with Gasteiger partial charge in [0.2, 0.25) is 0 Å². The molecule has 0 saturated heterocycles. The van der Waals surface area contributed by atoms with Gasteiger partial charge in [0.15, 0.2) is 6.39 Å². The predicted molar refractivity (Wildman–Crippen MR) is 41.5 cm³/mol. The highest BCUT2D eigenvalue weighted by Crippen LogP contribution is 2.31. The summed E-state index contributed by atoms with van der Waals surface area (Å²) in [7, 11) is 1.97. The van der Waals surface area contributed by atoms with Crippen LogP contribution in [0.25, 0.3) is 0 Å². The van der Waals surface area contributed by atoms with Crippen molar-refractivity contribution in [3.05, 3.63) is 17.8 Å². The highest BCUT2D eigenvalue weighted by molar-refractivity contribution is 5.19. The Labute approximate surface area is 65.8 Å². The molecule has 0 fully saturated rings. The number of aromatic nitrogens is 1. The molecule has 2 rings (SSSR count). The van der Waals surface area contributed by atoms with E-state index >= 15 is 0 Å². The molecule has 1 aliphatic carbocycles. The van der Waals surface area contributed by atoms with Gasteiger partial charge >= 0.3 is 0 Å². The van der Waals surface area contributed by atoms with E-state index in [1.807, 2.05) is 7.05 Å². The third-order valence-electron chi connectivity index (χ3n) is 2.22. The summed E-state index contributed by atoms with van der Waals surface area (Å²) < 4.78 is 5.29. The van der Waals surface area contributed by atoms with E-state index in [1.165, 1.54) is 6.42 Å². The van der Waals surface area contributed by atoms with Gasteiger partial charge in [-0.05, 0) is 19.9 Å². The van der Waals surface area contributed by atoms with Crippen LogP contribution in [0.3, 0.4) is 0 Å². The fourth-order valence-electron chi connectivity index (χ4n) is 1.68. The molecule has 0 saturated carbocycles. The molecule has 1 unspecified atom stereocenters. The summed E-state index contributed by atoms with van der Waals surface area (Å²) in [6.07, 6.45) is 3.81. The number of likely N-dealkylation sites (N-methyl/N-ethyl adjacent to an activating group) is 1. The summed E-state index contributed by atoms with van der Waals surface area (Å²) in [5, 5.41) is 3.15. The predicted octanol–water partition coefficient (Wildman–Crippen LogP) is 0.924. The zero-order valence-electron chi connectivity index (χ0n) is 6.63. The van der Waals surface area contributed by atoms with Crippen molar-refractivity contribution >= 4 is 0 Å². The molecule has 0 aromatic carbocycles. The third-order valence-corrected chi connectivity index (χ3v) is 2.22. The van der Waals surface area contributed by atoms with Gasteiger partial charge in [-0.1, -0.05) is 0 Å². The smallest absolute Gasteiger partial charge is 0.181 e. The van der Waals surface area contributed by atoms with E-state index < -0.39 is 0 Å². The van der Waals surface area contributed by atoms with E-state index in [0.29, 0.717) is 5.92 Å². The Morgan fingerprint density at radius 3 is 3.55 bits per heavy atom. The number of nitrogens with one attached hydrogen (secondary N) is 1. The van der Waals surface area contributed by atoms with Gasteiger partial charge in [0.1, 0.15) is 5.76 Å². The van der Waals surface area contributed by atoms with Crippen molar-refractivity contribution in [3.63, 3.8) is 0 Å². The Kier molecular flexibility index (Phi) is 1.66. The van der Waals surface area contributed by atoms with Gasteiger partial charge in [0.25, 0.3) is 0 Å².